The third kappa shape index (κ3) is 3.03. The zero-order valence-electron chi connectivity index (χ0n) is 8.34. The molecule has 0 atom stereocenters. The molecule has 0 fully saturated rings. The van der Waals surface area contributed by atoms with Gasteiger partial charge in [0, 0.05) is 10.0 Å². The molecule has 4 heteroatoms. The molecule has 0 unspecified atom stereocenters. The Kier molecular flexibility index (Phi) is 5.23. The summed E-state index contributed by atoms with van der Waals surface area (Å²) in [6.07, 6.45) is 0. The lowest BCUT2D eigenvalue weighted by atomic mass is 10.1. The molecule has 2 N–H and O–H groups in total. The van der Waals surface area contributed by atoms with Crippen LogP contribution in [0.2, 0.25) is 0 Å². The number of aromatic carboxylic acids is 1. The van der Waals surface area contributed by atoms with E-state index in [-0.39, 0.29) is 11.3 Å². The van der Waals surface area contributed by atoms with Gasteiger partial charge in [-0.3, -0.25) is 0 Å². The third-order valence-electron chi connectivity index (χ3n) is 1.58. The van der Waals surface area contributed by atoms with Crippen molar-refractivity contribution in [2.45, 2.75) is 20.8 Å². The number of hydrogen-bond acceptors (Lipinski definition) is 2. The summed E-state index contributed by atoms with van der Waals surface area (Å²) in [6.45, 7) is 5.56. The van der Waals surface area contributed by atoms with Gasteiger partial charge in [-0.15, -0.1) is 0 Å². The Morgan fingerprint density at radius 1 is 1.36 bits per heavy atom. The van der Waals surface area contributed by atoms with Crippen LogP contribution in [-0.2, 0) is 0 Å². The largest absolute Gasteiger partial charge is 0.508 e. The minimum absolute atomic E-state index is 0.0122. The molecule has 0 saturated carbocycles. The standard InChI is InChI=1S/C8H7BrO3.C2H6/c1-4-6(8(11)12)2-5(9)3-7(4)10;1-2/h2-3,10H,1H3,(H,11,12);1-2H3. The summed E-state index contributed by atoms with van der Waals surface area (Å²) in [5, 5.41) is 17.9. The average molecular weight is 261 g/mol. The van der Waals surface area contributed by atoms with E-state index in [2.05, 4.69) is 15.9 Å². The third-order valence-corrected chi connectivity index (χ3v) is 2.03. The van der Waals surface area contributed by atoms with Gasteiger partial charge in [-0.25, -0.2) is 4.79 Å². The van der Waals surface area contributed by atoms with Gasteiger partial charge < -0.3 is 10.2 Å². The van der Waals surface area contributed by atoms with Gasteiger partial charge in [-0.1, -0.05) is 29.8 Å². The smallest absolute Gasteiger partial charge is 0.336 e. The van der Waals surface area contributed by atoms with E-state index in [9.17, 15) is 9.90 Å². The van der Waals surface area contributed by atoms with Gasteiger partial charge in [0.2, 0.25) is 0 Å². The van der Waals surface area contributed by atoms with Crippen molar-refractivity contribution in [2.75, 3.05) is 0 Å². The van der Waals surface area contributed by atoms with Crippen LogP contribution in [0, 0.1) is 6.92 Å². The van der Waals surface area contributed by atoms with Crippen molar-refractivity contribution in [3.05, 3.63) is 27.7 Å². The highest BCUT2D eigenvalue weighted by atomic mass is 79.9. The van der Waals surface area contributed by atoms with Crippen molar-refractivity contribution in [3.8, 4) is 5.75 Å². The van der Waals surface area contributed by atoms with Crippen LogP contribution >= 0.6 is 15.9 Å². The molecule has 78 valence electrons. The van der Waals surface area contributed by atoms with E-state index in [1.54, 1.807) is 6.92 Å². The van der Waals surface area contributed by atoms with Crippen molar-refractivity contribution in [1.29, 1.82) is 0 Å². The van der Waals surface area contributed by atoms with Gasteiger partial charge in [-0.05, 0) is 19.1 Å². The van der Waals surface area contributed by atoms with Gasteiger partial charge in [0.1, 0.15) is 5.75 Å². The second-order valence-corrected chi connectivity index (χ2v) is 3.32. The number of carbonyl (C=O) groups is 1. The first-order valence-electron chi connectivity index (χ1n) is 4.25. The normalized spacial score (nSPS) is 8.86. The molecule has 1 rings (SSSR count). The number of phenolic OH excluding ortho intramolecular Hbond substituents is 1. The minimum atomic E-state index is -1.04. The zero-order valence-corrected chi connectivity index (χ0v) is 9.92. The fraction of sp³-hybridized carbons (Fsp3) is 0.300. The molecule has 0 aliphatic carbocycles. The maximum absolute atomic E-state index is 10.6. The number of carboxylic acid groups (broad SMARTS) is 1. The highest BCUT2D eigenvalue weighted by Gasteiger charge is 2.10. The topological polar surface area (TPSA) is 57.5 Å². The highest BCUT2D eigenvalue weighted by Crippen LogP contribution is 2.25. The predicted octanol–water partition coefficient (Wildman–Crippen LogP) is 3.19. The summed E-state index contributed by atoms with van der Waals surface area (Å²) < 4.78 is 0.558. The van der Waals surface area contributed by atoms with Crippen molar-refractivity contribution in [1.82, 2.24) is 0 Å². The Bertz CT molecular complexity index is 334. The molecule has 1 aromatic rings. The maximum Gasteiger partial charge on any atom is 0.336 e. The molecule has 0 heterocycles. The van der Waals surface area contributed by atoms with Gasteiger partial charge in [0.25, 0.3) is 0 Å². The van der Waals surface area contributed by atoms with Crippen LogP contribution in [0.15, 0.2) is 16.6 Å². The lowest BCUT2D eigenvalue weighted by molar-refractivity contribution is 0.0695. The van der Waals surface area contributed by atoms with Crippen molar-refractivity contribution in [3.63, 3.8) is 0 Å². The number of halogens is 1. The quantitative estimate of drug-likeness (QED) is 0.816. The number of hydrogen-bond donors (Lipinski definition) is 2. The van der Waals surface area contributed by atoms with Crippen LogP contribution in [0.25, 0.3) is 0 Å². The monoisotopic (exact) mass is 260 g/mol. The molecule has 0 spiro atoms. The molecular formula is C10H13BrO3. The van der Waals surface area contributed by atoms with Crippen LogP contribution in [-0.4, -0.2) is 16.2 Å². The van der Waals surface area contributed by atoms with Gasteiger partial charge in [0.15, 0.2) is 0 Å². The average Bonchev–Trinajstić information content (AvgIpc) is 2.14. The Balaban J connectivity index is 0.000000791. The van der Waals surface area contributed by atoms with Crippen molar-refractivity contribution in [2.24, 2.45) is 0 Å². The van der Waals surface area contributed by atoms with Gasteiger partial charge in [-0.2, -0.15) is 0 Å². The van der Waals surface area contributed by atoms with Crippen LogP contribution in [0.3, 0.4) is 0 Å². The summed E-state index contributed by atoms with van der Waals surface area (Å²) in [5.41, 5.74) is 0.493. The first-order valence-corrected chi connectivity index (χ1v) is 5.04. The number of rotatable bonds is 1. The highest BCUT2D eigenvalue weighted by molar-refractivity contribution is 9.10. The van der Waals surface area contributed by atoms with Crippen LogP contribution in [0.5, 0.6) is 5.75 Å². The lowest BCUT2D eigenvalue weighted by Gasteiger charge is -2.03. The molecule has 1 aromatic carbocycles. The van der Waals surface area contributed by atoms with E-state index in [0.29, 0.717) is 10.0 Å². The van der Waals surface area contributed by atoms with E-state index >= 15 is 0 Å². The second-order valence-electron chi connectivity index (χ2n) is 2.40. The minimum Gasteiger partial charge on any atom is -0.508 e. The summed E-state index contributed by atoms with van der Waals surface area (Å²) in [7, 11) is 0. The molecule has 0 aromatic heterocycles. The zero-order chi connectivity index (χ0) is 11.3. The van der Waals surface area contributed by atoms with Gasteiger partial charge in [0.05, 0.1) is 5.56 Å². The summed E-state index contributed by atoms with van der Waals surface area (Å²) in [4.78, 5) is 10.6. The predicted molar refractivity (Wildman–Crippen MR) is 58.9 cm³/mol. The van der Waals surface area contributed by atoms with E-state index in [1.165, 1.54) is 12.1 Å². The van der Waals surface area contributed by atoms with Crippen LogP contribution < -0.4 is 0 Å². The molecule has 0 bridgehead atoms. The van der Waals surface area contributed by atoms with E-state index in [1.807, 2.05) is 13.8 Å². The Hall–Kier alpha value is -1.03. The summed E-state index contributed by atoms with van der Waals surface area (Å²) in [5.74, 6) is -1.05. The Labute approximate surface area is 91.5 Å². The molecule has 0 radical (unpaired) electrons. The van der Waals surface area contributed by atoms with E-state index in [0.717, 1.165) is 0 Å². The Morgan fingerprint density at radius 2 is 1.86 bits per heavy atom. The number of phenols is 1. The first kappa shape index (κ1) is 13.0. The molecule has 3 nitrogen and oxygen atoms in total. The molecule has 14 heavy (non-hydrogen) atoms. The Morgan fingerprint density at radius 3 is 2.29 bits per heavy atom. The lowest BCUT2D eigenvalue weighted by Crippen LogP contribution is -1.99. The molecule has 0 amide bonds. The fourth-order valence-electron chi connectivity index (χ4n) is 0.887. The van der Waals surface area contributed by atoms with E-state index in [4.69, 9.17) is 5.11 Å². The SMILES string of the molecule is CC.Cc1c(O)cc(Br)cc1C(=O)O. The second kappa shape index (κ2) is 5.65. The number of carboxylic acids is 1. The maximum atomic E-state index is 10.6. The van der Waals surface area contributed by atoms with Crippen LogP contribution in [0.4, 0.5) is 0 Å². The van der Waals surface area contributed by atoms with Crippen molar-refractivity contribution < 1.29 is 15.0 Å². The number of aromatic hydroxyl groups is 1. The van der Waals surface area contributed by atoms with Gasteiger partial charge >= 0.3 is 5.97 Å². The number of benzene rings is 1. The summed E-state index contributed by atoms with van der Waals surface area (Å²) in [6, 6.07) is 2.92. The summed E-state index contributed by atoms with van der Waals surface area (Å²) >= 11 is 3.09. The molecule has 0 aliphatic heterocycles. The van der Waals surface area contributed by atoms with Crippen LogP contribution in [0.1, 0.15) is 29.8 Å². The first-order chi connectivity index (χ1) is 6.52. The van der Waals surface area contributed by atoms with Crippen molar-refractivity contribution >= 4 is 21.9 Å². The molecular weight excluding hydrogens is 248 g/mol. The molecule has 0 saturated heterocycles. The molecule has 0 aliphatic rings. The van der Waals surface area contributed by atoms with E-state index < -0.39 is 5.97 Å². The fourth-order valence-corrected chi connectivity index (χ4v) is 1.33.